The van der Waals surface area contributed by atoms with E-state index in [9.17, 15) is 23.1 Å². The van der Waals surface area contributed by atoms with Crippen molar-refractivity contribution < 1.29 is 32.5 Å². The summed E-state index contributed by atoms with van der Waals surface area (Å²) in [6.07, 6.45) is -4.74. The fourth-order valence-corrected chi connectivity index (χ4v) is 3.23. The van der Waals surface area contributed by atoms with E-state index < -0.39 is 12.3 Å². The number of aromatic hydroxyl groups is 1. The zero-order chi connectivity index (χ0) is 22.6. The molecule has 3 rings (SSSR count). The fraction of sp³-hybridized carbons (Fsp3) is 0.208. The van der Waals surface area contributed by atoms with Crippen LogP contribution in [0.1, 0.15) is 41.3 Å². The molecule has 0 aliphatic carbocycles. The average molecular weight is 430 g/mol. The van der Waals surface area contributed by atoms with E-state index in [0.717, 1.165) is 11.1 Å². The van der Waals surface area contributed by atoms with Crippen molar-refractivity contribution in [3.8, 4) is 22.6 Å². The highest BCUT2D eigenvalue weighted by Crippen LogP contribution is 2.35. The van der Waals surface area contributed by atoms with Crippen LogP contribution in [-0.4, -0.2) is 24.0 Å². The number of esters is 1. The molecule has 3 aromatic rings. The molecule has 0 heterocycles. The van der Waals surface area contributed by atoms with Gasteiger partial charge in [0.1, 0.15) is 11.5 Å². The van der Waals surface area contributed by atoms with Crippen LogP contribution in [0.2, 0.25) is 0 Å². The molecule has 0 amide bonds. The number of phenolic OH excluding ortho intramolecular Hbond substituents is 1. The molecule has 162 valence electrons. The number of ether oxygens (including phenoxy) is 2. The van der Waals surface area contributed by atoms with Gasteiger partial charge in [-0.05, 0) is 60.0 Å². The van der Waals surface area contributed by atoms with Crippen LogP contribution >= 0.6 is 0 Å². The molecule has 1 unspecified atom stereocenters. The first-order valence-electron chi connectivity index (χ1n) is 9.64. The van der Waals surface area contributed by atoms with Gasteiger partial charge in [0.15, 0.2) is 0 Å². The zero-order valence-corrected chi connectivity index (χ0v) is 16.9. The summed E-state index contributed by atoms with van der Waals surface area (Å²) in [5.41, 5.74) is 3.39. The van der Waals surface area contributed by atoms with Crippen molar-refractivity contribution in [1.82, 2.24) is 0 Å². The summed E-state index contributed by atoms with van der Waals surface area (Å²) < 4.78 is 45.9. The molecule has 0 aliphatic heterocycles. The highest BCUT2D eigenvalue weighted by Gasteiger charge is 2.31. The predicted molar refractivity (Wildman–Crippen MR) is 110 cm³/mol. The van der Waals surface area contributed by atoms with Crippen LogP contribution in [0.5, 0.6) is 11.5 Å². The average Bonchev–Trinajstić information content (AvgIpc) is 2.73. The van der Waals surface area contributed by atoms with Gasteiger partial charge in [0.05, 0.1) is 12.2 Å². The Morgan fingerprint density at radius 1 is 0.968 bits per heavy atom. The second kappa shape index (κ2) is 9.12. The summed E-state index contributed by atoms with van der Waals surface area (Å²) in [5.74, 6) is -0.790. The Morgan fingerprint density at radius 3 is 2.16 bits per heavy atom. The molecule has 0 saturated heterocycles. The summed E-state index contributed by atoms with van der Waals surface area (Å²) in [5, 5.41) is 10.4. The van der Waals surface area contributed by atoms with Crippen LogP contribution in [0, 0.1) is 0 Å². The minimum Gasteiger partial charge on any atom is -0.508 e. The summed E-state index contributed by atoms with van der Waals surface area (Å²) in [6.45, 7) is 3.94. The molecule has 4 nitrogen and oxygen atoms in total. The molecule has 0 saturated carbocycles. The molecule has 1 N–H and O–H groups in total. The maximum atomic E-state index is 12.3. The van der Waals surface area contributed by atoms with Crippen LogP contribution in [0.3, 0.4) is 0 Å². The van der Waals surface area contributed by atoms with Gasteiger partial charge in [-0.25, -0.2) is 4.79 Å². The second-order valence-electron chi connectivity index (χ2n) is 6.91. The number of hydrogen-bond donors (Lipinski definition) is 1. The minimum absolute atomic E-state index is 0.0998. The number of carbonyl (C=O) groups excluding carboxylic acids is 1. The molecule has 0 radical (unpaired) electrons. The SMILES string of the molecule is CCOC(=O)c1ccc(C(C)c2cc(-c3ccc(OC(F)(F)F)cc3)ccc2O)cc1. The van der Waals surface area contributed by atoms with Crippen molar-refractivity contribution in [1.29, 1.82) is 0 Å². The lowest BCUT2D eigenvalue weighted by Gasteiger charge is -2.16. The number of carbonyl (C=O) groups is 1. The van der Waals surface area contributed by atoms with Gasteiger partial charge in [0, 0.05) is 11.5 Å². The second-order valence-corrected chi connectivity index (χ2v) is 6.91. The standard InChI is InChI=1S/C24H21F3O4/c1-3-30-23(29)18-6-4-16(5-7-18)15(2)21-14-19(10-13-22(21)28)17-8-11-20(12-9-17)31-24(25,26)27/h4-15,28H,3H2,1-2H3. The Hall–Kier alpha value is -3.48. The number of hydrogen-bond acceptors (Lipinski definition) is 4. The quantitative estimate of drug-likeness (QED) is 0.467. The zero-order valence-electron chi connectivity index (χ0n) is 16.9. The van der Waals surface area contributed by atoms with Gasteiger partial charge >= 0.3 is 12.3 Å². The van der Waals surface area contributed by atoms with E-state index in [-0.39, 0.29) is 17.4 Å². The Labute approximate surface area is 177 Å². The number of rotatable bonds is 6. The van der Waals surface area contributed by atoms with Crippen molar-refractivity contribution in [2.75, 3.05) is 6.61 Å². The highest BCUT2D eigenvalue weighted by molar-refractivity contribution is 5.89. The lowest BCUT2D eigenvalue weighted by Crippen LogP contribution is -2.16. The molecule has 31 heavy (non-hydrogen) atoms. The monoisotopic (exact) mass is 430 g/mol. The maximum absolute atomic E-state index is 12.3. The van der Waals surface area contributed by atoms with E-state index in [2.05, 4.69) is 4.74 Å². The van der Waals surface area contributed by atoms with Crippen molar-refractivity contribution >= 4 is 5.97 Å². The molecule has 3 aromatic carbocycles. The van der Waals surface area contributed by atoms with Gasteiger partial charge in [-0.1, -0.05) is 37.3 Å². The van der Waals surface area contributed by atoms with Gasteiger partial charge in [-0.2, -0.15) is 0 Å². The summed E-state index contributed by atoms with van der Waals surface area (Å²) in [4.78, 5) is 11.8. The number of benzene rings is 3. The van der Waals surface area contributed by atoms with Crippen molar-refractivity contribution in [2.45, 2.75) is 26.1 Å². The third kappa shape index (κ3) is 5.57. The Bertz CT molecular complexity index is 1040. The van der Waals surface area contributed by atoms with Crippen molar-refractivity contribution in [2.24, 2.45) is 0 Å². The lowest BCUT2D eigenvalue weighted by atomic mass is 9.89. The number of phenols is 1. The number of alkyl halides is 3. The molecular weight excluding hydrogens is 409 g/mol. The predicted octanol–water partition coefficient (Wildman–Crippen LogP) is 6.29. The van der Waals surface area contributed by atoms with Gasteiger partial charge in [-0.3, -0.25) is 0 Å². The smallest absolute Gasteiger partial charge is 0.508 e. The summed E-state index contributed by atoms with van der Waals surface area (Å²) in [6, 6.07) is 17.5. The first-order chi connectivity index (χ1) is 14.7. The molecule has 0 fully saturated rings. The maximum Gasteiger partial charge on any atom is 0.573 e. The molecule has 0 spiro atoms. The van der Waals surface area contributed by atoms with Crippen LogP contribution in [0.4, 0.5) is 13.2 Å². The third-order valence-corrected chi connectivity index (χ3v) is 4.84. The van der Waals surface area contributed by atoms with Gasteiger partial charge in [0.2, 0.25) is 0 Å². The first kappa shape index (κ1) is 22.2. The normalized spacial score (nSPS) is 12.3. The van der Waals surface area contributed by atoms with Crippen LogP contribution in [0.25, 0.3) is 11.1 Å². The van der Waals surface area contributed by atoms with E-state index in [1.165, 1.54) is 24.3 Å². The number of halogens is 3. The molecule has 1 atom stereocenters. The van der Waals surface area contributed by atoms with Crippen molar-refractivity contribution in [3.05, 3.63) is 83.4 Å². The van der Waals surface area contributed by atoms with Gasteiger partial charge in [-0.15, -0.1) is 13.2 Å². The van der Waals surface area contributed by atoms with E-state index >= 15 is 0 Å². The highest BCUT2D eigenvalue weighted by atomic mass is 19.4. The van der Waals surface area contributed by atoms with E-state index in [4.69, 9.17) is 4.74 Å². The molecule has 0 aliphatic rings. The Kier molecular flexibility index (Phi) is 6.53. The van der Waals surface area contributed by atoms with Crippen LogP contribution in [-0.2, 0) is 4.74 Å². The van der Waals surface area contributed by atoms with Crippen LogP contribution in [0.15, 0.2) is 66.7 Å². The largest absolute Gasteiger partial charge is 0.573 e. The Balaban J connectivity index is 1.84. The molecule has 0 bridgehead atoms. The summed E-state index contributed by atoms with van der Waals surface area (Å²) in [7, 11) is 0. The van der Waals surface area contributed by atoms with Gasteiger partial charge in [0.25, 0.3) is 0 Å². The van der Waals surface area contributed by atoms with E-state index in [1.54, 1.807) is 49.4 Å². The molecule has 7 heteroatoms. The van der Waals surface area contributed by atoms with Gasteiger partial charge < -0.3 is 14.6 Å². The summed E-state index contributed by atoms with van der Waals surface area (Å²) >= 11 is 0. The lowest BCUT2D eigenvalue weighted by molar-refractivity contribution is -0.274. The van der Waals surface area contributed by atoms with Crippen LogP contribution < -0.4 is 4.74 Å². The third-order valence-electron chi connectivity index (χ3n) is 4.84. The topological polar surface area (TPSA) is 55.8 Å². The van der Waals surface area contributed by atoms with E-state index in [1.807, 2.05) is 6.92 Å². The first-order valence-corrected chi connectivity index (χ1v) is 9.64. The Morgan fingerprint density at radius 2 is 1.58 bits per heavy atom. The molecular formula is C24H21F3O4. The van der Waals surface area contributed by atoms with E-state index in [0.29, 0.717) is 23.3 Å². The van der Waals surface area contributed by atoms with Crippen molar-refractivity contribution in [3.63, 3.8) is 0 Å². The minimum atomic E-state index is -4.74. The molecule has 0 aromatic heterocycles. The fourth-order valence-electron chi connectivity index (χ4n) is 3.23.